The molecule has 0 aliphatic heterocycles. The maximum absolute atomic E-state index is 11.6. The molecule has 5 N–H and O–H groups in total. The first-order chi connectivity index (χ1) is 20.0. The zero-order valence-corrected chi connectivity index (χ0v) is 31.1. The third kappa shape index (κ3) is 45.3. The number of aliphatic carboxylic acids is 2. The van der Waals surface area contributed by atoms with Gasteiger partial charge in [0.2, 0.25) is 5.91 Å². The van der Waals surface area contributed by atoms with E-state index in [1.54, 1.807) is 0 Å². The number of Topliss-reactive ketones (excluding diaryl/α,β-unsaturated/α-hetero) is 2. The normalized spacial score (nSPS) is 11.2. The number of carbonyl (C=O) groups is 6. The quantitative estimate of drug-likeness (QED) is 0.0851. The van der Waals surface area contributed by atoms with E-state index in [0.29, 0.717) is 37.5 Å². The Kier molecular flexibility index (Phi) is 45.3. The number of halogens is 3. The van der Waals surface area contributed by atoms with Crippen LogP contribution in [0.5, 0.6) is 0 Å². The van der Waals surface area contributed by atoms with E-state index in [1.165, 1.54) is 7.11 Å². The third-order valence-corrected chi connectivity index (χ3v) is 6.35. The molecule has 0 aromatic rings. The van der Waals surface area contributed by atoms with Gasteiger partial charge in [-0.15, -0.1) is 0 Å². The second-order valence-corrected chi connectivity index (χ2v) is 11.3. The first kappa shape index (κ1) is 52.4. The van der Waals surface area contributed by atoms with Gasteiger partial charge in [-0.2, -0.15) is 0 Å². The number of hydrogen-bond acceptors (Lipinski definition) is 8. The Bertz CT molecular complexity index is 793. The minimum absolute atomic E-state index is 0. The van der Waals surface area contributed by atoms with Gasteiger partial charge < -0.3 is 26.0 Å². The monoisotopic (exact) mass is 878 g/mol. The molecule has 0 radical (unpaired) electrons. The zero-order chi connectivity index (χ0) is 34.4. The van der Waals surface area contributed by atoms with Crippen molar-refractivity contribution < 1.29 is 66.1 Å². The Morgan fingerprint density at radius 2 is 1.25 bits per heavy atom. The third-order valence-electron chi connectivity index (χ3n) is 5.36. The molecule has 0 aromatic carbocycles. The molecule has 2 atom stereocenters. The number of carboxylic acid groups (broad SMARTS) is 2. The molecule has 0 saturated heterocycles. The maximum atomic E-state index is 11.6. The van der Waals surface area contributed by atoms with Crippen molar-refractivity contribution in [2.45, 2.75) is 93.9 Å². The fourth-order valence-corrected chi connectivity index (χ4v) is 3.87. The molecule has 0 saturated carbocycles. The number of rotatable bonds is 19. The Hall–Kier alpha value is -1.13. The van der Waals surface area contributed by atoms with Crippen molar-refractivity contribution >= 4 is 67.2 Å². The predicted octanol–water partition coefficient (Wildman–Crippen LogP) is 2.14. The van der Waals surface area contributed by atoms with Crippen molar-refractivity contribution in [2.24, 2.45) is 29.4 Å². The van der Waals surface area contributed by atoms with Gasteiger partial charge in [0.25, 0.3) is 0 Å². The first-order valence-electron chi connectivity index (χ1n) is 14.0. The van der Waals surface area contributed by atoms with Gasteiger partial charge in [-0.1, -0.05) is 74.4 Å². The summed E-state index contributed by atoms with van der Waals surface area (Å²) in [7, 11) is 1.39. The number of carboxylic acids is 2. The first-order valence-corrected chi connectivity index (χ1v) is 18.0. The zero-order valence-electron chi connectivity index (χ0n) is 26.8. The van der Waals surface area contributed by atoms with Crippen LogP contribution in [0.25, 0.3) is 0 Å². The SMILES string of the molecule is C.C.CC(C)C[C@H](CCC(=O)CNC(=O)CBr)CC(=O)O.COC(=O)C[C@@H](CCC(=O)CN)CC(C)C.O=C(O)CBr.[2H][I-]C. The van der Waals surface area contributed by atoms with Gasteiger partial charge >= 0.3 is 45.8 Å². The summed E-state index contributed by atoms with van der Waals surface area (Å²) in [5, 5.41) is 19.2. The number of carbonyl (C=O) groups excluding carboxylic acids is 4. The molecule has 0 aliphatic carbocycles. The summed E-state index contributed by atoms with van der Waals surface area (Å²) in [6.07, 6.45) is 4.29. The topological polar surface area (TPSA) is 190 Å². The van der Waals surface area contributed by atoms with Crippen molar-refractivity contribution in [1.82, 2.24) is 5.32 Å². The molecule has 0 rings (SSSR count). The van der Waals surface area contributed by atoms with Gasteiger partial charge in [0.05, 0.1) is 25.5 Å². The molecule has 14 heteroatoms. The van der Waals surface area contributed by atoms with Gasteiger partial charge in [-0.3, -0.25) is 28.8 Å². The molecule has 11 nitrogen and oxygen atoms in total. The summed E-state index contributed by atoms with van der Waals surface area (Å²) in [5.74, 6) is -0.919. The Balaban J connectivity index is -0.000000132. The standard InChI is InChI=1S/C13H22BrNO4.C12H23NO3.C2H3BrO2.CH4I.2CH4/c1-9(2)5-10(6-13(18)19)3-4-11(16)8-15-12(17)7-14;1-9(2)6-10(7-12(15)16-3)4-5-11(14)8-13;3-1-2(4)5;1-2;;/h9-10H,3-8H2,1-2H3,(H,15,17)(H,18,19);9-10H,4-8,13H2,1-3H3;1H2,(H,4,5);2H,1H3;2*1H4/q;;;-1;;/t2*10-;;;;/m00..../s1/i;;;2D;;. The van der Waals surface area contributed by atoms with Crippen LogP contribution in [0.15, 0.2) is 0 Å². The molecule has 0 spiro atoms. The number of amides is 1. The van der Waals surface area contributed by atoms with E-state index in [9.17, 15) is 28.8 Å². The number of methoxy groups -OCH3 is 1. The Morgan fingerprint density at radius 1 is 0.841 bits per heavy atom. The molecular formula is C30H60Br2IN2O9-. The summed E-state index contributed by atoms with van der Waals surface area (Å²) < 4.78 is 11.0. The molecule has 266 valence electrons. The number of ether oxygens (including phenoxy) is 1. The van der Waals surface area contributed by atoms with Gasteiger partial charge in [0.15, 0.2) is 5.78 Å². The molecule has 1 amide bonds. The van der Waals surface area contributed by atoms with E-state index in [1.807, 2.05) is 18.8 Å². The van der Waals surface area contributed by atoms with Crippen LogP contribution in [0.1, 0.15) is 93.9 Å². The van der Waals surface area contributed by atoms with E-state index < -0.39 is 11.9 Å². The summed E-state index contributed by atoms with van der Waals surface area (Å²) in [5.41, 5.74) is 5.25. The van der Waals surface area contributed by atoms with Gasteiger partial charge in [0.1, 0.15) is 11.1 Å². The van der Waals surface area contributed by atoms with Crippen LogP contribution < -0.4 is 33.4 Å². The average Bonchev–Trinajstić information content (AvgIpc) is 2.93. The fourth-order valence-electron chi connectivity index (χ4n) is 3.67. The van der Waals surface area contributed by atoms with Gasteiger partial charge in [0, 0.05) is 25.7 Å². The Labute approximate surface area is 296 Å². The second kappa shape index (κ2) is 38.1. The molecule has 0 unspecified atom stereocenters. The van der Waals surface area contributed by atoms with E-state index >= 15 is 0 Å². The van der Waals surface area contributed by atoms with Crippen molar-refractivity contribution in [1.29, 1.82) is 0.594 Å². The van der Waals surface area contributed by atoms with Gasteiger partial charge in [-0.25, -0.2) is 0 Å². The summed E-state index contributed by atoms with van der Waals surface area (Å²) in [4.78, 5) is 66.8. The van der Waals surface area contributed by atoms with Crippen LogP contribution >= 0.6 is 31.9 Å². The van der Waals surface area contributed by atoms with Crippen molar-refractivity contribution in [3.05, 3.63) is 0 Å². The molecule has 0 aliphatic rings. The second-order valence-electron chi connectivity index (χ2n) is 10.2. The number of hydrogen-bond donors (Lipinski definition) is 4. The van der Waals surface area contributed by atoms with E-state index in [4.69, 9.17) is 16.5 Å². The van der Waals surface area contributed by atoms with E-state index in [0.717, 1.165) is 19.3 Å². The predicted molar refractivity (Wildman–Crippen MR) is 181 cm³/mol. The molecular weight excluding hydrogens is 819 g/mol. The molecule has 0 aromatic heterocycles. The summed E-state index contributed by atoms with van der Waals surface area (Å²) in [6, 6.07) is 0. The van der Waals surface area contributed by atoms with Crippen LogP contribution in [0.2, 0.25) is 0 Å². The van der Waals surface area contributed by atoms with Crippen LogP contribution in [-0.2, 0) is 33.5 Å². The van der Waals surface area contributed by atoms with Crippen molar-refractivity contribution in [3.8, 4) is 0 Å². The van der Waals surface area contributed by atoms with Gasteiger partial charge in [-0.05, 0) is 49.4 Å². The van der Waals surface area contributed by atoms with Crippen molar-refractivity contribution in [3.63, 3.8) is 0 Å². The van der Waals surface area contributed by atoms with Crippen molar-refractivity contribution in [2.75, 3.05) is 35.8 Å². The summed E-state index contributed by atoms with van der Waals surface area (Å²) in [6.45, 7) is 8.39. The average molecular weight is 881 g/mol. The number of alkyl halides is 3. The van der Waals surface area contributed by atoms with E-state index in [-0.39, 0.29) is 103 Å². The van der Waals surface area contributed by atoms with Crippen LogP contribution in [0.3, 0.4) is 0 Å². The van der Waals surface area contributed by atoms with Crippen LogP contribution in [0.4, 0.5) is 0 Å². The number of esters is 1. The minimum atomic E-state index is -0.829. The summed E-state index contributed by atoms with van der Waals surface area (Å²) >= 11 is 5.55. The molecule has 0 fully saturated rings. The van der Waals surface area contributed by atoms with Crippen LogP contribution in [0, 0.1) is 23.7 Å². The molecule has 0 heterocycles. The molecule has 44 heavy (non-hydrogen) atoms. The number of nitrogens with two attached hydrogens (primary N) is 1. The molecule has 0 bridgehead atoms. The number of nitrogens with one attached hydrogen (secondary N) is 1. The van der Waals surface area contributed by atoms with Crippen LogP contribution in [-0.4, -0.2) is 82.0 Å². The fraction of sp³-hybridized carbons (Fsp3) is 0.800. The number of ketones is 2. The van der Waals surface area contributed by atoms with E-state index in [2.05, 4.69) is 55.8 Å². The Morgan fingerprint density at radius 3 is 1.57 bits per heavy atom.